The quantitative estimate of drug-likeness (QED) is 0.893. The Bertz CT molecular complexity index is 430. The third-order valence-corrected chi connectivity index (χ3v) is 4.37. The van der Waals surface area contributed by atoms with E-state index in [-0.39, 0.29) is 6.04 Å². The van der Waals surface area contributed by atoms with Crippen molar-refractivity contribution in [1.29, 1.82) is 0 Å². The third-order valence-electron chi connectivity index (χ3n) is 4.37. The highest BCUT2D eigenvalue weighted by Crippen LogP contribution is 2.23. The van der Waals surface area contributed by atoms with Crippen LogP contribution in [-0.2, 0) is 6.42 Å². The highest BCUT2D eigenvalue weighted by atomic mass is 15.3. The molecule has 2 fully saturated rings. The summed E-state index contributed by atoms with van der Waals surface area (Å²) in [6.07, 6.45) is 8.75. The van der Waals surface area contributed by atoms with Crippen molar-refractivity contribution in [2.45, 2.75) is 44.7 Å². The lowest BCUT2D eigenvalue weighted by Gasteiger charge is -2.44. The lowest BCUT2D eigenvalue weighted by Crippen LogP contribution is -2.55. The van der Waals surface area contributed by atoms with Crippen molar-refractivity contribution in [3.63, 3.8) is 0 Å². The average molecular weight is 275 g/mol. The number of piperidine rings is 1. The predicted molar refractivity (Wildman–Crippen MR) is 80.8 cm³/mol. The molecule has 2 saturated heterocycles. The second-order valence-electron chi connectivity index (χ2n) is 6.20. The van der Waals surface area contributed by atoms with Gasteiger partial charge < -0.3 is 10.6 Å². The van der Waals surface area contributed by atoms with Crippen molar-refractivity contribution in [3.8, 4) is 0 Å². The Kier molecular flexibility index (Phi) is 4.17. The van der Waals surface area contributed by atoms with Gasteiger partial charge in [0.15, 0.2) is 0 Å². The molecule has 0 spiro atoms. The average Bonchev–Trinajstić information content (AvgIpc) is 2.47. The highest BCUT2D eigenvalue weighted by Gasteiger charge is 2.29. The summed E-state index contributed by atoms with van der Waals surface area (Å²) in [6.45, 7) is 6.55. The van der Waals surface area contributed by atoms with Gasteiger partial charge in [0.2, 0.25) is 5.95 Å². The molecule has 0 aliphatic carbocycles. The van der Waals surface area contributed by atoms with Crippen molar-refractivity contribution < 1.29 is 0 Å². The van der Waals surface area contributed by atoms with Crippen LogP contribution in [0.1, 0.15) is 31.7 Å². The Morgan fingerprint density at radius 1 is 1.25 bits per heavy atom. The van der Waals surface area contributed by atoms with Crippen molar-refractivity contribution in [3.05, 3.63) is 18.0 Å². The molecular weight excluding hydrogens is 250 g/mol. The van der Waals surface area contributed by atoms with Crippen LogP contribution < -0.4 is 10.6 Å². The second-order valence-corrected chi connectivity index (χ2v) is 6.20. The summed E-state index contributed by atoms with van der Waals surface area (Å²) in [5.74, 6) is 0.878. The van der Waals surface area contributed by atoms with E-state index in [1.165, 1.54) is 25.8 Å². The monoisotopic (exact) mass is 275 g/mol. The van der Waals surface area contributed by atoms with Gasteiger partial charge in [-0.05, 0) is 38.3 Å². The second kappa shape index (κ2) is 6.06. The first kappa shape index (κ1) is 13.8. The summed E-state index contributed by atoms with van der Waals surface area (Å²) >= 11 is 0. The van der Waals surface area contributed by atoms with E-state index in [2.05, 4.69) is 19.8 Å². The topological polar surface area (TPSA) is 58.3 Å². The molecule has 5 heteroatoms. The zero-order valence-corrected chi connectivity index (χ0v) is 12.3. The van der Waals surface area contributed by atoms with Gasteiger partial charge in [0, 0.05) is 44.1 Å². The van der Waals surface area contributed by atoms with Gasteiger partial charge in [-0.3, -0.25) is 4.90 Å². The molecule has 3 rings (SSSR count). The number of nitrogens with zero attached hydrogens (tertiary/aromatic N) is 4. The first-order chi connectivity index (χ1) is 9.72. The zero-order chi connectivity index (χ0) is 13.9. The molecule has 2 atom stereocenters. The summed E-state index contributed by atoms with van der Waals surface area (Å²) in [5, 5.41) is 0. The van der Waals surface area contributed by atoms with Crippen LogP contribution in [0.5, 0.6) is 0 Å². The molecule has 0 bridgehead atoms. The Hall–Kier alpha value is -1.20. The summed E-state index contributed by atoms with van der Waals surface area (Å²) in [5.41, 5.74) is 6.93. The van der Waals surface area contributed by atoms with Crippen LogP contribution in [0.2, 0.25) is 0 Å². The van der Waals surface area contributed by atoms with Gasteiger partial charge in [0.25, 0.3) is 0 Å². The molecular formula is C15H25N5. The molecule has 20 heavy (non-hydrogen) atoms. The van der Waals surface area contributed by atoms with Crippen LogP contribution in [0.15, 0.2) is 12.4 Å². The number of rotatable bonds is 3. The summed E-state index contributed by atoms with van der Waals surface area (Å²) in [6, 6.07) is 0.861. The predicted octanol–water partition coefficient (Wildman–Crippen LogP) is 1.04. The number of anilines is 1. The molecule has 0 saturated carbocycles. The Labute approximate surface area is 121 Å². The molecule has 0 radical (unpaired) electrons. The van der Waals surface area contributed by atoms with Gasteiger partial charge in [-0.1, -0.05) is 6.42 Å². The number of hydrogen-bond acceptors (Lipinski definition) is 5. The minimum absolute atomic E-state index is 0.162. The van der Waals surface area contributed by atoms with E-state index in [0.717, 1.165) is 37.6 Å². The van der Waals surface area contributed by atoms with Crippen molar-refractivity contribution in [1.82, 2.24) is 14.9 Å². The smallest absolute Gasteiger partial charge is 0.225 e. The van der Waals surface area contributed by atoms with E-state index < -0.39 is 0 Å². The SMILES string of the molecule is CC(N)Cc1cnc(N2CCN3CCCCC3C2)nc1. The van der Waals surface area contributed by atoms with Crippen LogP contribution in [0.3, 0.4) is 0 Å². The van der Waals surface area contributed by atoms with Gasteiger partial charge in [0.1, 0.15) is 0 Å². The maximum atomic E-state index is 5.81. The van der Waals surface area contributed by atoms with Crippen LogP contribution in [-0.4, -0.2) is 53.1 Å². The summed E-state index contributed by atoms with van der Waals surface area (Å²) in [4.78, 5) is 14.0. The maximum Gasteiger partial charge on any atom is 0.225 e. The summed E-state index contributed by atoms with van der Waals surface area (Å²) in [7, 11) is 0. The number of fused-ring (bicyclic) bond motifs is 1. The normalized spacial score (nSPS) is 25.3. The highest BCUT2D eigenvalue weighted by molar-refractivity contribution is 5.31. The van der Waals surface area contributed by atoms with Crippen molar-refractivity contribution in [2.75, 3.05) is 31.1 Å². The standard InChI is InChI=1S/C15H25N5/c1-12(16)8-13-9-17-15(18-10-13)20-7-6-19-5-3-2-4-14(19)11-20/h9-10,12,14H,2-8,11,16H2,1H3. The van der Waals surface area contributed by atoms with Crippen LogP contribution in [0, 0.1) is 0 Å². The molecule has 1 aromatic heterocycles. The molecule has 3 heterocycles. The van der Waals surface area contributed by atoms with Gasteiger partial charge >= 0.3 is 0 Å². The van der Waals surface area contributed by atoms with Gasteiger partial charge in [-0.15, -0.1) is 0 Å². The molecule has 2 unspecified atom stereocenters. The van der Waals surface area contributed by atoms with Crippen LogP contribution in [0.4, 0.5) is 5.95 Å². The van der Waals surface area contributed by atoms with Crippen LogP contribution >= 0.6 is 0 Å². The first-order valence-corrected chi connectivity index (χ1v) is 7.78. The van der Waals surface area contributed by atoms with Gasteiger partial charge in [-0.2, -0.15) is 0 Å². The lowest BCUT2D eigenvalue weighted by molar-refractivity contribution is 0.133. The van der Waals surface area contributed by atoms with E-state index >= 15 is 0 Å². The first-order valence-electron chi connectivity index (χ1n) is 7.78. The Balaban J connectivity index is 1.64. The van der Waals surface area contributed by atoms with Gasteiger partial charge in [-0.25, -0.2) is 9.97 Å². The minimum atomic E-state index is 0.162. The molecule has 2 aliphatic rings. The molecule has 5 nitrogen and oxygen atoms in total. The fraction of sp³-hybridized carbons (Fsp3) is 0.733. The molecule has 110 valence electrons. The largest absolute Gasteiger partial charge is 0.338 e. The maximum absolute atomic E-state index is 5.81. The third kappa shape index (κ3) is 3.10. The Morgan fingerprint density at radius 3 is 2.80 bits per heavy atom. The fourth-order valence-electron chi connectivity index (χ4n) is 3.33. The minimum Gasteiger partial charge on any atom is -0.338 e. The fourth-order valence-corrected chi connectivity index (χ4v) is 3.33. The molecule has 2 aliphatic heterocycles. The number of nitrogens with two attached hydrogens (primary N) is 1. The van der Waals surface area contributed by atoms with E-state index in [1.807, 2.05) is 19.3 Å². The zero-order valence-electron chi connectivity index (χ0n) is 12.3. The molecule has 2 N–H and O–H groups in total. The lowest BCUT2D eigenvalue weighted by atomic mass is 10.00. The molecule has 1 aromatic rings. The van der Waals surface area contributed by atoms with E-state index in [1.54, 1.807) is 0 Å². The van der Waals surface area contributed by atoms with E-state index in [9.17, 15) is 0 Å². The van der Waals surface area contributed by atoms with Crippen molar-refractivity contribution >= 4 is 5.95 Å². The van der Waals surface area contributed by atoms with E-state index in [4.69, 9.17) is 5.73 Å². The number of piperazine rings is 1. The number of aromatic nitrogens is 2. The van der Waals surface area contributed by atoms with E-state index in [0.29, 0.717) is 6.04 Å². The Morgan fingerprint density at radius 2 is 2.05 bits per heavy atom. The van der Waals surface area contributed by atoms with Crippen LogP contribution in [0.25, 0.3) is 0 Å². The van der Waals surface area contributed by atoms with Gasteiger partial charge in [0.05, 0.1) is 0 Å². The number of hydrogen-bond donors (Lipinski definition) is 1. The molecule has 0 amide bonds. The van der Waals surface area contributed by atoms with Crippen molar-refractivity contribution in [2.24, 2.45) is 5.73 Å². The molecule has 0 aromatic carbocycles. The summed E-state index contributed by atoms with van der Waals surface area (Å²) < 4.78 is 0.